The van der Waals surface area contributed by atoms with E-state index in [0.29, 0.717) is 16.5 Å². The third-order valence-corrected chi connectivity index (χ3v) is 3.21. The van der Waals surface area contributed by atoms with Gasteiger partial charge < -0.3 is 5.32 Å². The molecule has 5 heteroatoms. The average molecular weight is 296 g/mol. The Hall–Kier alpha value is -1.32. The number of nitrogens with one attached hydrogen (secondary N) is 1. The molecule has 1 N–H and O–H groups in total. The Bertz CT molecular complexity index is 558. The summed E-state index contributed by atoms with van der Waals surface area (Å²) in [6.45, 7) is 3.01. The summed E-state index contributed by atoms with van der Waals surface area (Å²) >= 11 is 12.0. The fourth-order valence-corrected chi connectivity index (χ4v) is 2.15. The molecule has 0 atom stereocenters. The first-order valence-electron chi connectivity index (χ1n) is 6.18. The summed E-state index contributed by atoms with van der Waals surface area (Å²) in [6, 6.07) is 7.32. The van der Waals surface area contributed by atoms with E-state index >= 15 is 0 Å². The Morgan fingerprint density at radius 3 is 2.79 bits per heavy atom. The summed E-state index contributed by atoms with van der Waals surface area (Å²) < 4.78 is 0. The molecule has 0 spiro atoms. The predicted octanol–water partition coefficient (Wildman–Crippen LogP) is 4.20. The van der Waals surface area contributed by atoms with Crippen LogP contribution in [-0.4, -0.2) is 16.5 Å². The molecule has 0 bridgehead atoms. The van der Waals surface area contributed by atoms with Crippen LogP contribution in [0.25, 0.3) is 0 Å². The van der Waals surface area contributed by atoms with Crippen LogP contribution in [-0.2, 0) is 6.42 Å². The highest BCUT2D eigenvalue weighted by atomic mass is 35.5. The quantitative estimate of drug-likeness (QED) is 0.898. The number of hydrogen-bond donors (Lipinski definition) is 1. The molecular formula is C14H15Cl2N3. The second kappa shape index (κ2) is 6.73. The number of anilines is 1. The van der Waals surface area contributed by atoms with Crippen molar-refractivity contribution >= 4 is 29.0 Å². The molecule has 100 valence electrons. The molecule has 0 amide bonds. The highest BCUT2D eigenvalue weighted by Gasteiger charge is 2.05. The minimum absolute atomic E-state index is 0.595. The van der Waals surface area contributed by atoms with Gasteiger partial charge in [0.15, 0.2) is 0 Å². The first-order chi connectivity index (χ1) is 9.19. The van der Waals surface area contributed by atoms with Crippen molar-refractivity contribution in [2.45, 2.75) is 19.8 Å². The topological polar surface area (TPSA) is 37.8 Å². The third-order valence-electron chi connectivity index (χ3n) is 2.63. The molecule has 0 unspecified atom stereocenters. The van der Waals surface area contributed by atoms with E-state index in [9.17, 15) is 0 Å². The minimum Gasteiger partial charge on any atom is -0.370 e. The van der Waals surface area contributed by atoms with E-state index in [-0.39, 0.29) is 0 Å². The van der Waals surface area contributed by atoms with Gasteiger partial charge in [-0.15, -0.1) is 0 Å². The van der Waals surface area contributed by atoms with Crippen molar-refractivity contribution in [3.63, 3.8) is 0 Å². The van der Waals surface area contributed by atoms with Crippen LogP contribution in [0.2, 0.25) is 10.0 Å². The van der Waals surface area contributed by atoms with Crippen molar-refractivity contribution in [3.8, 4) is 0 Å². The maximum Gasteiger partial charge on any atom is 0.135 e. The fraction of sp³-hybridized carbons (Fsp3) is 0.286. The van der Waals surface area contributed by atoms with Gasteiger partial charge in [-0.2, -0.15) is 0 Å². The molecule has 0 fully saturated rings. The van der Waals surface area contributed by atoms with Gasteiger partial charge in [0, 0.05) is 29.2 Å². The normalized spacial score (nSPS) is 10.5. The molecule has 2 rings (SSSR count). The van der Waals surface area contributed by atoms with Gasteiger partial charge in [-0.05, 0) is 30.2 Å². The van der Waals surface area contributed by atoms with Gasteiger partial charge in [-0.1, -0.05) is 36.2 Å². The van der Waals surface area contributed by atoms with Gasteiger partial charge in [-0.25, -0.2) is 9.97 Å². The van der Waals surface area contributed by atoms with Crippen molar-refractivity contribution in [1.82, 2.24) is 9.97 Å². The maximum absolute atomic E-state index is 6.15. The maximum atomic E-state index is 6.15. The number of halogens is 2. The Labute approximate surface area is 123 Å². The molecule has 0 aliphatic carbocycles. The lowest BCUT2D eigenvalue weighted by atomic mass is 10.1. The Balaban J connectivity index is 2.14. The molecule has 0 saturated carbocycles. The zero-order valence-electron chi connectivity index (χ0n) is 10.7. The van der Waals surface area contributed by atoms with E-state index in [0.717, 1.165) is 30.2 Å². The van der Waals surface area contributed by atoms with E-state index in [4.69, 9.17) is 23.2 Å². The third kappa shape index (κ3) is 4.08. The molecule has 1 heterocycles. The molecule has 19 heavy (non-hydrogen) atoms. The van der Waals surface area contributed by atoms with Gasteiger partial charge in [-0.3, -0.25) is 0 Å². The standard InChI is InChI=1S/C14H15Cl2N3/c1-2-6-17-13-5-7-18-14(19-13)8-10-3-4-11(15)9-12(10)16/h3-5,7,9H,2,6,8H2,1H3,(H,17,18,19). The van der Waals surface area contributed by atoms with E-state index in [1.54, 1.807) is 12.3 Å². The van der Waals surface area contributed by atoms with Crippen LogP contribution in [0.1, 0.15) is 24.7 Å². The number of hydrogen-bond acceptors (Lipinski definition) is 3. The predicted molar refractivity (Wildman–Crippen MR) is 80.1 cm³/mol. The summed E-state index contributed by atoms with van der Waals surface area (Å²) in [5.41, 5.74) is 0.971. The van der Waals surface area contributed by atoms with Crippen LogP contribution in [0, 0.1) is 0 Å². The average Bonchev–Trinajstić information content (AvgIpc) is 2.40. The van der Waals surface area contributed by atoms with Crippen LogP contribution >= 0.6 is 23.2 Å². The van der Waals surface area contributed by atoms with Crippen molar-refractivity contribution in [2.24, 2.45) is 0 Å². The largest absolute Gasteiger partial charge is 0.370 e. The van der Waals surface area contributed by atoms with Crippen LogP contribution < -0.4 is 5.32 Å². The molecule has 1 aromatic heterocycles. The van der Waals surface area contributed by atoms with Crippen molar-refractivity contribution in [3.05, 3.63) is 51.9 Å². The van der Waals surface area contributed by atoms with Crippen molar-refractivity contribution in [1.29, 1.82) is 0 Å². The van der Waals surface area contributed by atoms with Crippen molar-refractivity contribution in [2.75, 3.05) is 11.9 Å². The van der Waals surface area contributed by atoms with Gasteiger partial charge in [0.2, 0.25) is 0 Å². The summed E-state index contributed by atoms with van der Waals surface area (Å²) in [6.07, 6.45) is 3.41. The van der Waals surface area contributed by atoms with Crippen LogP contribution in [0.5, 0.6) is 0 Å². The molecule has 3 nitrogen and oxygen atoms in total. The van der Waals surface area contributed by atoms with E-state index in [1.807, 2.05) is 18.2 Å². The van der Waals surface area contributed by atoms with Gasteiger partial charge >= 0.3 is 0 Å². The van der Waals surface area contributed by atoms with Crippen molar-refractivity contribution < 1.29 is 0 Å². The zero-order chi connectivity index (χ0) is 13.7. The molecule has 0 radical (unpaired) electrons. The number of rotatable bonds is 5. The summed E-state index contributed by atoms with van der Waals surface area (Å²) in [5.74, 6) is 1.59. The van der Waals surface area contributed by atoms with Gasteiger partial charge in [0.1, 0.15) is 11.6 Å². The van der Waals surface area contributed by atoms with E-state index in [1.165, 1.54) is 0 Å². The first kappa shape index (κ1) is 14.1. The summed E-state index contributed by atoms with van der Waals surface area (Å²) in [5, 5.41) is 4.51. The summed E-state index contributed by atoms with van der Waals surface area (Å²) in [4.78, 5) is 8.72. The van der Waals surface area contributed by atoms with E-state index in [2.05, 4.69) is 22.2 Å². The Morgan fingerprint density at radius 2 is 2.05 bits per heavy atom. The molecule has 0 aliphatic heterocycles. The van der Waals surface area contributed by atoms with E-state index < -0.39 is 0 Å². The lowest BCUT2D eigenvalue weighted by Crippen LogP contribution is -2.05. The fourth-order valence-electron chi connectivity index (χ4n) is 1.67. The zero-order valence-corrected chi connectivity index (χ0v) is 12.2. The highest BCUT2D eigenvalue weighted by Crippen LogP contribution is 2.22. The lowest BCUT2D eigenvalue weighted by Gasteiger charge is -2.07. The van der Waals surface area contributed by atoms with Gasteiger partial charge in [0.05, 0.1) is 0 Å². The van der Waals surface area contributed by atoms with Gasteiger partial charge in [0.25, 0.3) is 0 Å². The van der Waals surface area contributed by atoms with Crippen LogP contribution in [0.4, 0.5) is 5.82 Å². The molecule has 0 aliphatic rings. The number of benzene rings is 1. The summed E-state index contributed by atoms with van der Waals surface area (Å²) in [7, 11) is 0. The Morgan fingerprint density at radius 1 is 1.21 bits per heavy atom. The highest BCUT2D eigenvalue weighted by molar-refractivity contribution is 6.35. The second-order valence-corrected chi connectivity index (χ2v) is 5.04. The number of nitrogens with zero attached hydrogens (tertiary/aromatic N) is 2. The van der Waals surface area contributed by atoms with Crippen LogP contribution in [0.15, 0.2) is 30.5 Å². The molecular weight excluding hydrogens is 281 g/mol. The van der Waals surface area contributed by atoms with Crippen LogP contribution in [0.3, 0.4) is 0 Å². The molecule has 0 saturated heterocycles. The number of aromatic nitrogens is 2. The lowest BCUT2D eigenvalue weighted by molar-refractivity contribution is 0.932. The Kier molecular flexibility index (Phi) is 5.00. The smallest absolute Gasteiger partial charge is 0.135 e. The first-order valence-corrected chi connectivity index (χ1v) is 6.94. The minimum atomic E-state index is 0.595. The molecule has 1 aromatic carbocycles. The molecule has 2 aromatic rings. The SMILES string of the molecule is CCCNc1ccnc(Cc2ccc(Cl)cc2Cl)n1. The monoisotopic (exact) mass is 295 g/mol. The second-order valence-electron chi connectivity index (χ2n) is 4.20.